The third-order valence-electron chi connectivity index (χ3n) is 6.47. The zero-order valence-corrected chi connectivity index (χ0v) is 25.0. The first kappa shape index (κ1) is 36.5. The highest BCUT2D eigenvalue weighted by Crippen LogP contribution is 2.53. The predicted octanol–water partition coefficient (Wildman–Crippen LogP) is -4.52. The Labute approximate surface area is 260 Å². The molecule has 6 heterocycles. The summed E-state index contributed by atoms with van der Waals surface area (Å²) in [7, 11) is -10.1. The van der Waals surface area contributed by atoms with E-state index in [2.05, 4.69) is 34.2 Å². The number of phosphoric acid groups is 2. The molecule has 8 atom stereocenters. The van der Waals surface area contributed by atoms with Crippen LogP contribution in [0.3, 0.4) is 0 Å². The normalized spacial score (nSPS) is 27.8. The smallest absolute Gasteiger partial charge is 0.478 e. The third-order valence-corrected chi connectivity index (χ3v) is 8.18. The second-order valence-electron chi connectivity index (χ2n) is 9.56. The molecule has 260 valence electrons. The molecule has 25 nitrogen and oxygen atoms in total. The molecule has 2 saturated heterocycles. The van der Waals surface area contributed by atoms with E-state index < -0.39 is 77.9 Å². The highest BCUT2D eigenvalue weighted by atomic mass is 31.3. The molecule has 4 aromatic rings. The molecule has 0 saturated carbocycles. The molecular formula is C20H28N8O17P2. The molecule has 47 heavy (non-hydrogen) atoms. The van der Waals surface area contributed by atoms with Gasteiger partial charge in [-0.25, -0.2) is 29.1 Å². The molecule has 0 bridgehead atoms. The zero-order valence-electron chi connectivity index (χ0n) is 23.2. The van der Waals surface area contributed by atoms with Gasteiger partial charge in [0.25, 0.3) is 0 Å². The van der Waals surface area contributed by atoms with E-state index in [1.54, 1.807) is 0 Å². The van der Waals surface area contributed by atoms with E-state index in [4.69, 9.17) is 39.3 Å². The van der Waals surface area contributed by atoms with Crippen LogP contribution in [0.2, 0.25) is 0 Å². The first-order chi connectivity index (χ1) is 22.0. The number of rotatable bonds is 6. The molecule has 0 spiro atoms. The number of nitrogens with zero attached hydrogens (tertiary/aromatic N) is 8. The highest BCUT2D eigenvalue weighted by molar-refractivity contribution is 7.60. The molecule has 12 N–H and O–H groups in total. The summed E-state index contributed by atoms with van der Waals surface area (Å²) in [6, 6.07) is 0. The average Bonchev–Trinajstić information content (AvgIpc) is 3.74. The van der Waals surface area contributed by atoms with Crippen molar-refractivity contribution in [1.82, 2.24) is 39.0 Å². The lowest BCUT2D eigenvalue weighted by atomic mass is 10.1. The monoisotopic (exact) mass is 714 g/mol. The second-order valence-corrected chi connectivity index (χ2v) is 12.2. The molecular weight excluding hydrogens is 686 g/mol. The summed E-state index contributed by atoms with van der Waals surface area (Å²) in [6.07, 6.45) is -3.57. The van der Waals surface area contributed by atoms with E-state index >= 15 is 0 Å². The van der Waals surface area contributed by atoms with Crippen LogP contribution in [0.1, 0.15) is 12.5 Å². The summed E-state index contributed by atoms with van der Waals surface area (Å²) in [4.78, 5) is 53.9. The topological polar surface area (TPSA) is 392 Å². The first-order valence-corrected chi connectivity index (χ1v) is 15.8. The van der Waals surface area contributed by atoms with Crippen molar-refractivity contribution in [2.24, 2.45) is 0 Å². The average molecular weight is 714 g/mol. The van der Waals surface area contributed by atoms with Crippen LogP contribution in [0.5, 0.6) is 11.8 Å². The van der Waals surface area contributed by atoms with E-state index in [1.165, 1.54) is 21.8 Å². The van der Waals surface area contributed by atoms with Gasteiger partial charge in [0, 0.05) is 0 Å². The van der Waals surface area contributed by atoms with Crippen LogP contribution in [0.25, 0.3) is 22.3 Å². The van der Waals surface area contributed by atoms with E-state index in [9.17, 15) is 39.8 Å². The van der Waals surface area contributed by atoms with Crippen LogP contribution >= 0.6 is 15.6 Å². The summed E-state index contributed by atoms with van der Waals surface area (Å²) in [6.45, 7) is -0.830. The van der Waals surface area contributed by atoms with Gasteiger partial charge in [-0.2, -0.15) is 14.3 Å². The minimum Gasteiger partial charge on any atom is -0.492 e. The molecule has 6 rings (SSSR count). The van der Waals surface area contributed by atoms with Crippen molar-refractivity contribution in [1.29, 1.82) is 0 Å². The molecule has 0 radical (unpaired) electrons. The van der Waals surface area contributed by atoms with Crippen LogP contribution in [0, 0.1) is 0 Å². The lowest BCUT2D eigenvalue weighted by Crippen LogP contribution is -2.33. The van der Waals surface area contributed by atoms with Crippen molar-refractivity contribution in [2.75, 3.05) is 13.2 Å². The molecule has 0 unspecified atom stereocenters. The van der Waals surface area contributed by atoms with E-state index in [-0.39, 0.29) is 34.1 Å². The van der Waals surface area contributed by atoms with Gasteiger partial charge in [0.15, 0.2) is 34.8 Å². The van der Waals surface area contributed by atoms with Crippen molar-refractivity contribution in [2.45, 2.75) is 49.1 Å². The number of imidazole rings is 2. The van der Waals surface area contributed by atoms with Gasteiger partial charge in [-0.15, -0.1) is 0 Å². The fourth-order valence-electron chi connectivity index (χ4n) is 4.41. The maximum Gasteiger partial charge on any atom is 0.478 e. The Morgan fingerprint density at radius 3 is 1.28 bits per heavy atom. The maximum atomic E-state index is 9.92. The van der Waals surface area contributed by atoms with E-state index in [1.807, 2.05) is 0 Å². The van der Waals surface area contributed by atoms with E-state index in [0.29, 0.717) is 0 Å². The van der Waals surface area contributed by atoms with Crippen molar-refractivity contribution >= 4 is 38.0 Å². The fraction of sp³-hybridized carbons (Fsp3) is 0.500. The largest absolute Gasteiger partial charge is 0.492 e. The molecule has 2 aliphatic heterocycles. The van der Waals surface area contributed by atoms with Gasteiger partial charge < -0.3 is 69.9 Å². The standard InChI is InChI=1S/2C10H12N4O5.H4O7P2/c2*15-1-4-6(16)7(17)10(19-4)14-3-13-5-8(14)11-2-12-9(5)18;1-8(2,3)7-9(4,5)6/h2*2-4,6-7,10,15-17H,1H2,(H,11,12,18);(H2,1,2,3)(H2,4,5,6)/t2*4-,6-,7-,10-;/m11./s1. The summed E-state index contributed by atoms with van der Waals surface area (Å²) in [5.74, 6) is -0.564. The molecule has 2 aliphatic rings. The van der Waals surface area contributed by atoms with Gasteiger partial charge in [-0.1, -0.05) is 0 Å². The third kappa shape index (κ3) is 8.21. The Balaban J connectivity index is 0.000000171. The SMILES string of the molecule is O=P(O)(O)OP(=O)(O)O.OC[C@H]1O[C@@H](n2cnc3c(O)ncnc32)[C@H](O)[C@@H]1O.OC[C@H]1O[C@@H](n2cnc3c(O)ncnc32)[C@H](O)[C@@H]1O. The quantitative estimate of drug-likeness (QED) is 0.0837. The molecule has 2 fully saturated rings. The Morgan fingerprint density at radius 2 is 1.00 bits per heavy atom. The van der Waals surface area contributed by atoms with Crippen molar-refractivity contribution in [3.05, 3.63) is 25.3 Å². The zero-order chi connectivity index (χ0) is 34.8. The molecule has 0 amide bonds. The lowest BCUT2D eigenvalue weighted by Gasteiger charge is -2.16. The molecule has 4 aromatic heterocycles. The van der Waals surface area contributed by atoms with Gasteiger partial charge >= 0.3 is 15.6 Å². The van der Waals surface area contributed by atoms with Crippen LogP contribution in [0.15, 0.2) is 25.3 Å². The van der Waals surface area contributed by atoms with Crippen molar-refractivity contribution in [3.63, 3.8) is 0 Å². The lowest BCUT2D eigenvalue weighted by molar-refractivity contribution is -0.0511. The van der Waals surface area contributed by atoms with Gasteiger partial charge in [0.05, 0.1) is 25.9 Å². The minimum atomic E-state index is -5.05. The number of fused-ring (bicyclic) bond motifs is 2. The molecule has 0 aromatic carbocycles. The van der Waals surface area contributed by atoms with Crippen LogP contribution < -0.4 is 0 Å². The minimum absolute atomic E-state index is 0.167. The number of hydrogen-bond donors (Lipinski definition) is 12. The first-order valence-electron chi connectivity index (χ1n) is 12.8. The highest BCUT2D eigenvalue weighted by Gasteiger charge is 2.45. The number of hydrogen-bond acceptors (Lipinski definition) is 19. The van der Waals surface area contributed by atoms with Gasteiger partial charge in [-0.3, -0.25) is 9.13 Å². The number of aliphatic hydroxyl groups is 6. The summed E-state index contributed by atoms with van der Waals surface area (Å²) < 4.78 is 35.7. The summed E-state index contributed by atoms with van der Waals surface area (Å²) in [5.41, 5.74) is 0.866. The number of ether oxygens (including phenoxy) is 2. The van der Waals surface area contributed by atoms with E-state index in [0.717, 1.165) is 12.7 Å². The van der Waals surface area contributed by atoms with Crippen LogP contribution in [-0.2, 0) is 22.9 Å². The van der Waals surface area contributed by atoms with Crippen molar-refractivity contribution in [3.8, 4) is 11.8 Å². The van der Waals surface area contributed by atoms with Crippen LogP contribution in [-0.4, -0.2) is 149 Å². The van der Waals surface area contributed by atoms with Gasteiger partial charge in [-0.05, 0) is 0 Å². The maximum absolute atomic E-state index is 9.92. The molecule has 27 heteroatoms. The predicted molar refractivity (Wildman–Crippen MR) is 145 cm³/mol. The Kier molecular flexibility index (Phi) is 11.2. The Bertz CT molecular complexity index is 1640. The van der Waals surface area contributed by atoms with Crippen LogP contribution in [0.4, 0.5) is 0 Å². The number of aromatic hydroxyl groups is 2. The summed E-state index contributed by atoms with van der Waals surface area (Å²) in [5, 5.41) is 76.4. The number of aromatic nitrogens is 8. The Hall–Kier alpha value is -3.36. The van der Waals surface area contributed by atoms with Gasteiger partial charge in [0.1, 0.15) is 49.3 Å². The Morgan fingerprint density at radius 1 is 0.638 bits per heavy atom. The fourth-order valence-corrected chi connectivity index (χ4v) is 5.52. The summed E-state index contributed by atoms with van der Waals surface area (Å²) >= 11 is 0. The second kappa shape index (κ2) is 14.4. The molecule has 0 aliphatic carbocycles. The number of aliphatic hydroxyl groups excluding tert-OH is 6. The van der Waals surface area contributed by atoms with Gasteiger partial charge in [0.2, 0.25) is 11.8 Å². The van der Waals surface area contributed by atoms with Crippen molar-refractivity contribution < 1.29 is 83.3 Å².